The Morgan fingerprint density at radius 2 is 1.95 bits per heavy atom. The summed E-state index contributed by atoms with van der Waals surface area (Å²) in [5.74, 6) is 0.771. The van der Waals surface area contributed by atoms with Crippen LogP contribution in [0.15, 0.2) is 40.2 Å². The smallest absolute Gasteiger partial charge is 0.227 e. The molecule has 0 aliphatic carbocycles. The van der Waals surface area contributed by atoms with E-state index in [-0.39, 0.29) is 5.95 Å². The maximum atomic E-state index is 5.74. The first-order valence-corrected chi connectivity index (χ1v) is 7.27. The monoisotopic (exact) mass is 335 g/mol. The number of fused-ring (bicyclic) bond motifs is 1. The van der Waals surface area contributed by atoms with Gasteiger partial charge in [-0.3, -0.25) is 0 Å². The molecule has 0 saturated carbocycles. The fraction of sp³-hybridized carbons (Fsp3) is 0.0769. The minimum atomic E-state index is 0.237. The molecule has 1 aromatic carbocycles. The number of thiophene rings is 1. The van der Waals surface area contributed by atoms with Gasteiger partial charge in [-0.2, -0.15) is 4.98 Å². The lowest BCUT2D eigenvalue weighted by atomic mass is 10.2. The lowest BCUT2D eigenvalue weighted by Crippen LogP contribution is -2.01. The third-order valence-corrected chi connectivity index (χ3v) is 3.93. The van der Waals surface area contributed by atoms with Crippen LogP contribution in [0.4, 0.5) is 5.95 Å². The van der Waals surface area contributed by atoms with Crippen molar-refractivity contribution in [1.82, 2.24) is 9.97 Å². The molecule has 2 N–H and O–H groups in total. The zero-order valence-corrected chi connectivity index (χ0v) is 12.2. The van der Waals surface area contributed by atoms with E-state index >= 15 is 0 Å². The van der Waals surface area contributed by atoms with Gasteiger partial charge in [0.15, 0.2) is 0 Å². The van der Waals surface area contributed by atoms with Crippen molar-refractivity contribution in [3.63, 3.8) is 0 Å². The minimum absolute atomic E-state index is 0.237. The lowest BCUT2D eigenvalue weighted by Gasteiger charge is -2.07. The lowest BCUT2D eigenvalue weighted by molar-refractivity contribution is 0.298. The molecule has 0 atom stereocenters. The number of nitrogens with zero attached hydrogens (tertiary/aromatic N) is 2. The number of rotatable bonds is 3. The van der Waals surface area contributed by atoms with Crippen LogP contribution in [0.1, 0.15) is 5.56 Å². The summed E-state index contributed by atoms with van der Waals surface area (Å²) in [6.07, 6.45) is 0. The van der Waals surface area contributed by atoms with E-state index in [9.17, 15) is 0 Å². The van der Waals surface area contributed by atoms with Crippen LogP contribution in [0.25, 0.3) is 10.2 Å². The molecule has 0 bridgehead atoms. The molecule has 0 aliphatic rings. The molecule has 4 nitrogen and oxygen atoms in total. The molecular weight excluding hydrogens is 326 g/mol. The number of halogens is 1. The van der Waals surface area contributed by atoms with E-state index in [1.165, 1.54) is 11.3 Å². The van der Waals surface area contributed by atoms with E-state index in [0.29, 0.717) is 12.5 Å². The van der Waals surface area contributed by atoms with Gasteiger partial charge >= 0.3 is 0 Å². The van der Waals surface area contributed by atoms with Crippen LogP contribution < -0.4 is 10.5 Å². The molecule has 0 amide bonds. The molecule has 0 spiro atoms. The highest BCUT2D eigenvalue weighted by Gasteiger charge is 2.08. The summed E-state index contributed by atoms with van der Waals surface area (Å²) in [6, 6.07) is 9.90. The normalized spacial score (nSPS) is 10.8. The van der Waals surface area contributed by atoms with Gasteiger partial charge in [0.05, 0.1) is 5.39 Å². The third-order valence-electron chi connectivity index (χ3n) is 2.60. The molecule has 19 heavy (non-hydrogen) atoms. The van der Waals surface area contributed by atoms with E-state index in [1.54, 1.807) is 0 Å². The number of aromatic nitrogens is 2. The first-order chi connectivity index (χ1) is 9.22. The van der Waals surface area contributed by atoms with Gasteiger partial charge in [-0.1, -0.05) is 28.1 Å². The minimum Gasteiger partial charge on any atom is -0.472 e. The summed E-state index contributed by atoms with van der Waals surface area (Å²) in [7, 11) is 0. The van der Waals surface area contributed by atoms with Crippen LogP contribution in [0.5, 0.6) is 5.88 Å². The first kappa shape index (κ1) is 12.4. The summed E-state index contributed by atoms with van der Waals surface area (Å²) in [5.41, 5.74) is 6.74. The van der Waals surface area contributed by atoms with Crippen molar-refractivity contribution in [3.05, 3.63) is 45.7 Å². The second-order valence-corrected chi connectivity index (χ2v) is 5.75. The highest BCUT2D eigenvalue weighted by molar-refractivity contribution is 9.10. The Kier molecular flexibility index (Phi) is 3.35. The topological polar surface area (TPSA) is 61.0 Å². The summed E-state index contributed by atoms with van der Waals surface area (Å²) in [4.78, 5) is 9.16. The SMILES string of the molecule is Nc1nc(OCc2ccc(Br)cc2)c2ccsc2n1. The van der Waals surface area contributed by atoms with Gasteiger partial charge in [-0.05, 0) is 29.1 Å². The number of benzene rings is 1. The Bertz CT molecular complexity index is 711. The van der Waals surface area contributed by atoms with Crippen LogP contribution >= 0.6 is 27.3 Å². The number of nitrogen functional groups attached to an aromatic ring is 1. The number of nitrogens with two attached hydrogens (primary N) is 1. The van der Waals surface area contributed by atoms with Gasteiger partial charge in [-0.15, -0.1) is 11.3 Å². The van der Waals surface area contributed by atoms with Gasteiger partial charge in [0, 0.05) is 4.47 Å². The standard InChI is InChI=1S/C13H10BrN3OS/c14-9-3-1-8(2-4-9)7-18-11-10-5-6-19-12(10)17-13(15)16-11/h1-6H,7H2,(H2,15,16,17). The van der Waals surface area contributed by atoms with Gasteiger partial charge < -0.3 is 10.5 Å². The van der Waals surface area contributed by atoms with E-state index < -0.39 is 0 Å². The highest BCUT2D eigenvalue weighted by Crippen LogP contribution is 2.28. The Balaban J connectivity index is 1.85. The number of anilines is 1. The summed E-state index contributed by atoms with van der Waals surface area (Å²) in [5, 5.41) is 2.85. The fourth-order valence-electron chi connectivity index (χ4n) is 1.69. The zero-order valence-electron chi connectivity index (χ0n) is 9.84. The van der Waals surface area contributed by atoms with Crippen molar-refractivity contribution in [3.8, 4) is 5.88 Å². The van der Waals surface area contributed by atoms with Gasteiger partial charge in [0.25, 0.3) is 0 Å². The molecule has 0 aliphatic heterocycles. The first-order valence-electron chi connectivity index (χ1n) is 5.60. The highest BCUT2D eigenvalue weighted by atomic mass is 79.9. The quantitative estimate of drug-likeness (QED) is 0.794. The van der Waals surface area contributed by atoms with E-state index in [2.05, 4.69) is 25.9 Å². The number of hydrogen-bond acceptors (Lipinski definition) is 5. The second kappa shape index (κ2) is 5.14. The number of hydrogen-bond donors (Lipinski definition) is 1. The van der Waals surface area contributed by atoms with Crippen molar-refractivity contribution in [1.29, 1.82) is 0 Å². The molecule has 0 fully saturated rings. The Morgan fingerprint density at radius 3 is 2.74 bits per heavy atom. The average molecular weight is 336 g/mol. The molecule has 96 valence electrons. The maximum Gasteiger partial charge on any atom is 0.227 e. The van der Waals surface area contributed by atoms with Crippen LogP contribution in [0, 0.1) is 0 Å². The van der Waals surface area contributed by atoms with E-state index in [0.717, 1.165) is 20.3 Å². The molecule has 2 heterocycles. The number of ether oxygens (including phenoxy) is 1. The predicted molar refractivity (Wildman–Crippen MR) is 80.3 cm³/mol. The van der Waals surface area contributed by atoms with Crippen LogP contribution in [-0.4, -0.2) is 9.97 Å². The molecule has 2 aromatic heterocycles. The van der Waals surface area contributed by atoms with Crippen LogP contribution in [0.2, 0.25) is 0 Å². The van der Waals surface area contributed by atoms with Crippen molar-refractivity contribution < 1.29 is 4.74 Å². The van der Waals surface area contributed by atoms with Gasteiger partial charge in [0.2, 0.25) is 11.8 Å². The summed E-state index contributed by atoms with van der Waals surface area (Å²) < 4.78 is 6.79. The Hall–Kier alpha value is -1.66. The third kappa shape index (κ3) is 2.69. The molecule has 0 saturated heterocycles. The molecule has 0 unspecified atom stereocenters. The van der Waals surface area contributed by atoms with Crippen molar-refractivity contribution in [2.24, 2.45) is 0 Å². The Morgan fingerprint density at radius 1 is 1.16 bits per heavy atom. The fourth-order valence-corrected chi connectivity index (χ4v) is 2.71. The summed E-state index contributed by atoms with van der Waals surface area (Å²) in [6.45, 7) is 0.453. The van der Waals surface area contributed by atoms with E-state index in [1.807, 2.05) is 35.7 Å². The molecule has 3 aromatic rings. The van der Waals surface area contributed by atoms with Gasteiger partial charge in [0.1, 0.15) is 11.4 Å². The van der Waals surface area contributed by atoms with Gasteiger partial charge in [-0.25, -0.2) is 4.98 Å². The predicted octanol–water partition coefficient (Wildman–Crippen LogP) is 3.62. The maximum absolute atomic E-state index is 5.74. The molecule has 0 radical (unpaired) electrons. The summed E-state index contributed by atoms with van der Waals surface area (Å²) >= 11 is 4.92. The van der Waals surface area contributed by atoms with Crippen molar-refractivity contribution >= 4 is 43.4 Å². The van der Waals surface area contributed by atoms with E-state index in [4.69, 9.17) is 10.5 Å². The largest absolute Gasteiger partial charge is 0.472 e. The average Bonchev–Trinajstić information content (AvgIpc) is 2.85. The Labute approximate surface area is 122 Å². The molecular formula is C13H10BrN3OS. The van der Waals surface area contributed by atoms with Crippen LogP contribution in [0.3, 0.4) is 0 Å². The van der Waals surface area contributed by atoms with Crippen molar-refractivity contribution in [2.45, 2.75) is 6.61 Å². The molecule has 3 rings (SSSR count). The zero-order chi connectivity index (χ0) is 13.2. The molecule has 6 heteroatoms. The van der Waals surface area contributed by atoms with Crippen molar-refractivity contribution in [2.75, 3.05) is 5.73 Å². The second-order valence-electron chi connectivity index (χ2n) is 3.94. The van der Waals surface area contributed by atoms with Crippen LogP contribution in [-0.2, 0) is 6.61 Å².